The summed E-state index contributed by atoms with van der Waals surface area (Å²) < 4.78 is 14.7. The highest BCUT2D eigenvalue weighted by Gasteiger charge is 2.28. The van der Waals surface area contributed by atoms with Crippen LogP contribution < -0.4 is 10.2 Å². The van der Waals surface area contributed by atoms with Gasteiger partial charge in [-0.2, -0.15) is 0 Å². The first-order valence-corrected chi connectivity index (χ1v) is 9.59. The summed E-state index contributed by atoms with van der Waals surface area (Å²) >= 11 is 0. The number of nitrogens with zero attached hydrogens (tertiary/aromatic N) is 2. The number of para-hydroxylation sites is 1. The number of rotatable bonds is 7. The maximum Gasteiger partial charge on any atom is 0.217 e. The van der Waals surface area contributed by atoms with Crippen LogP contribution in [-0.2, 0) is 4.79 Å². The molecule has 0 spiro atoms. The fraction of sp³-hybridized carbons (Fsp3) is 0.364. The van der Waals surface area contributed by atoms with Gasteiger partial charge in [-0.05, 0) is 18.6 Å². The molecule has 0 aromatic heterocycles. The van der Waals surface area contributed by atoms with Crippen molar-refractivity contribution in [3.05, 3.63) is 66.2 Å². The second-order valence-electron chi connectivity index (χ2n) is 7.04. The van der Waals surface area contributed by atoms with Gasteiger partial charge in [0, 0.05) is 44.4 Å². The van der Waals surface area contributed by atoms with Gasteiger partial charge in [0.2, 0.25) is 5.91 Å². The highest BCUT2D eigenvalue weighted by atomic mass is 19.1. The lowest BCUT2D eigenvalue weighted by atomic mass is 10.0. The number of piperazine rings is 1. The van der Waals surface area contributed by atoms with E-state index in [0.717, 1.165) is 5.69 Å². The van der Waals surface area contributed by atoms with Crippen LogP contribution in [-0.4, -0.2) is 55.1 Å². The summed E-state index contributed by atoms with van der Waals surface area (Å²) in [5.74, 6) is -0.359. The van der Waals surface area contributed by atoms with Gasteiger partial charge in [0.25, 0.3) is 0 Å². The molecule has 0 radical (unpaired) electrons. The molecule has 6 heteroatoms. The highest BCUT2D eigenvalue weighted by molar-refractivity contribution is 6.01. The maximum absolute atomic E-state index is 14.7. The van der Waals surface area contributed by atoms with E-state index in [1.807, 2.05) is 41.3 Å². The van der Waals surface area contributed by atoms with Gasteiger partial charge in [-0.1, -0.05) is 48.5 Å². The largest absolute Gasteiger partial charge is 0.346 e. The SMILES string of the molecule is CC(=O)NC(CCN1CCN(c2ccccc2)C(F)C1)C(=O)c1ccccc1. The summed E-state index contributed by atoms with van der Waals surface area (Å²) in [7, 11) is 0. The number of hydrogen-bond acceptors (Lipinski definition) is 4. The van der Waals surface area contributed by atoms with Crippen molar-refractivity contribution in [2.24, 2.45) is 0 Å². The van der Waals surface area contributed by atoms with Gasteiger partial charge < -0.3 is 10.2 Å². The smallest absolute Gasteiger partial charge is 0.217 e. The first kappa shape index (κ1) is 20.0. The zero-order valence-corrected chi connectivity index (χ0v) is 16.1. The van der Waals surface area contributed by atoms with Crippen molar-refractivity contribution in [2.75, 3.05) is 31.1 Å². The number of Topliss-reactive ketones (excluding diaryl/α,β-unsaturated/α-hetero) is 1. The molecule has 1 saturated heterocycles. The Morgan fingerprint density at radius 2 is 1.71 bits per heavy atom. The van der Waals surface area contributed by atoms with Crippen LogP contribution in [0.1, 0.15) is 23.7 Å². The Balaban J connectivity index is 1.58. The predicted molar refractivity (Wildman–Crippen MR) is 108 cm³/mol. The van der Waals surface area contributed by atoms with E-state index >= 15 is 0 Å². The minimum Gasteiger partial charge on any atom is -0.346 e. The van der Waals surface area contributed by atoms with E-state index < -0.39 is 12.3 Å². The summed E-state index contributed by atoms with van der Waals surface area (Å²) in [6, 6.07) is 17.9. The number of amides is 1. The molecule has 1 N–H and O–H groups in total. The van der Waals surface area contributed by atoms with Crippen molar-refractivity contribution in [3.8, 4) is 0 Å². The first-order chi connectivity index (χ1) is 13.5. The third kappa shape index (κ3) is 5.16. The second kappa shape index (κ2) is 9.46. The van der Waals surface area contributed by atoms with Crippen LogP contribution in [0.2, 0.25) is 0 Å². The van der Waals surface area contributed by atoms with Crippen LogP contribution in [0.25, 0.3) is 0 Å². The molecule has 0 bridgehead atoms. The highest BCUT2D eigenvalue weighted by Crippen LogP contribution is 2.21. The average Bonchev–Trinajstić information content (AvgIpc) is 2.71. The van der Waals surface area contributed by atoms with E-state index in [1.54, 1.807) is 29.2 Å². The van der Waals surface area contributed by atoms with Gasteiger partial charge in [-0.25, -0.2) is 4.39 Å². The van der Waals surface area contributed by atoms with Gasteiger partial charge in [0.15, 0.2) is 12.1 Å². The number of halogens is 1. The normalized spacial score (nSPS) is 18.5. The molecule has 2 unspecified atom stereocenters. The number of carbonyl (C=O) groups excluding carboxylic acids is 2. The fourth-order valence-electron chi connectivity index (χ4n) is 3.54. The van der Waals surface area contributed by atoms with Crippen molar-refractivity contribution in [1.29, 1.82) is 0 Å². The Morgan fingerprint density at radius 3 is 2.32 bits per heavy atom. The Hall–Kier alpha value is -2.73. The van der Waals surface area contributed by atoms with E-state index in [9.17, 15) is 14.0 Å². The summed E-state index contributed by atoms with van der Waals surface area (Å²) in [6.07, 6.45) is -0.647. The van der Waals surface area contributed by atoms with E-state index in [4.69, 9.17) is 0 Å². The molecule has 1 amide bonds. The fourth-order valence-corrected chi connectivity index (χ4v) is 3.54. The molecule has 1 heterocycles. The lowest BCUT2D eigenvalue weighted by Crippen LogP contribution is -2.52. The van der Waals surface area contributed by atoms with Crippen molar-refractivity contribution in [3.63, 3.8) is 0 Å². The zero-order valence-electron chi connectivity index (χ0n) is 16.1. The minimum atomic E-state index is -1.10. The molecule has 2 aromatic carbocycles. The average molecular weight is 383 g/mol. The van der Waals surface area contributed by atoms with Crippen LogP contribution >= 0.6 is 0 Å². The Morgan fingerprint density at radius 1 is 1.07 bits per heavy atom. The van der Waals surface area contributed by atoms with Gasteiger partial charge in [0.05, 0.1) is 6.04 Å². The molecule has 2 atom stereocenters. The molecule has 28 heavy (non-hydrogen) atoms. The van der Waals surface area contributed by atoms with Crippen LogP contribution in [0.4, 0.5) is 10.1 Å². The predicted octanol–water partition coefficient (Wildman–Crippen LogP) is 2.88. The van der Waals surface area contributed by atoms with E-state index in [2.05, 4.69) is 5.32 Å². The van der Waals surface area contributed by atoms with Crippen LogP contribution in [0, 0.1) is 0 Å². The van der Waals surface area contributed by atoms with Gasteiger partial charge >= 0.3 is 0 Å². The van der Waals surface area contributed by atoms with E-state index in [0.29, 0.717) is 31.6 Å². The van der Waals surface area contributed by atoms with Crippen LogP contribution in [0.3, 0.4) is 0 Å². The van der Waals surface area contributed by atoms with Crippen molar-refractivity contribution >= 4 is 17.4 Å². The number of benzene rings is 2. The summed E-state index contributed by atoms with van der Waals surface area (Å²) in [5.41, 5.74) is 1.45. The number of carbonyl (C=O) groups is 2. The maximum atomic E-state index is 14.7. The molecule has 1 aliphatic heterocycles. The topological polar surface area (TPSA) is 52.7 Å². The standard InChI is InChI=1S/C22H26FN3O2/c1-17(27)24-20(22(28)18-8-4-2-5-9-18)12-13-25-14-15-26(21(23)16-25)19-10-6-3-7-11-19/h2-11,20-21H,12-16H2,1H3,(H,24,27). The summed E-state index contributed by atoms with van der Waals surface area (Å²) in [6.45, 7) is 3.53. The molecule has 148 valence electrons. The first-order valence-electron chi connectivity index (χ1n) is 9.59. The second-order valence-corrected chi connectivity index (χ2v) is 7.04. The summed E-state index contributed by atoms with van der Waals surface area (Å²) in [5, 5.41) is 2.74. The van der Waals surface area contributed by atoms with Crippen LogP contribution in [0.15, 0.2) is 60.7 Å². The monoisotopic (exact) mass is 383 g/mol. The Bertz CT molecular complexity index is 785. The van der Waals surface area contributed by atoms with Gasteiger partial charge in [-0.3, -0.25) is 14.5 Å². The molecule has 1 fully saturated rings. The quantitative estimate of drug-likeness (QED) is 0.590. The number of alkyl halides is 1. The van der Waals surface area contributed by atoms with Crippen molar-refractivity contribution in [2.45, 2.75) is 25.7 Å². The molecular weight excluding hydrogens is 357 g/mol. The van der Waals surface area contributed by atoms with Gasteiger partial charge in [0.1, 0.15) is 0 Å². The minimum absolute atomic E-state index is 0.115. The third-order valence-electron chi connectivity index (χ3n) is 4.98. The molecule has 0 aliphatic carbocycles. The number of anilines is 1. The molecule has 2 aromatic rings. The van der Waals surface area contributed by atoms with Crippen molar-refractivity contribution in [1.82, 2.24) is 10.2 Å². The van der Waals surface area contributed by atoms with Crippen LogP contribution in [0.5, 0.6) is 0 Å². The van der Waals surface area contributed by atoms with Crippen molar-refractivity contribution < 1.29 is 14.0 Å². The molecule has 0 saturated carbocycles. The lowest BCUT2D eigenvalue weighted by molar-refractivity contribution is -0.119. The molecule has 5 nitrogen and oxygen atoms in total. The van der Waals surface area contributed by atoms with Gasteiger partial charge in [-0.15, -0.1) is 0 Å². The molecular formula is C22H26FN3O2. The van der Waals surface area contributed by atoms with E-state index in [-0.39, 0.29) is 18.2 Å². The zero-order chi connectivity index (χ0) is 19.9. The number of ketones is 1. The number of nitrogens with one attached hydrogen (secondary N) is 1. The summed E-state index contributed by atoms with van der Waals surface area (Å²) in [4.78, 5) is 28.1. The molecule has 1 aliphatic rings. The lowest BCUT2D eigenvalue weighted by Gasteiger charge is -2.39. The molecule has 3 rings (SSSR count). The Kier molecular flexibility index (Phi) is 6.76. The number of hydrogen-bond donors (Lipinski definition) is 1. The third-order valence-corrected chi connectivity index (χ3v) is 4.98. The Labute approximate surface area is 165 Å². The van der Waals surface area contributed by atoms with E-state index in [1.165, 1.54) is 6.92 Å².